The minimum Gasteiger partial charge on any atom is -0.330 e. The number of aryl methyl sites for hydroxylation is 2. The molecule has 0 fully saturated rings. The SMILES string of the molecule is Cc1cc(C(=O)CCN)n(C)n1. The summed E-state index contributed by atoms with van der Waals surface area (Å²) < 4.78 is 1.59. The first-order valence-electron chi connectivity index (χ1n) is 3.89. The molecule has 0 aliphatic carbocycles. The number of hydrogen-bond donors (Lipinski definition) is 1. The Morgan fingerprint density at radius 2 is 2.42 bits per heavy atom. The van der Waals surface area contributed by atoms with Gasteiger partial charge in [-0.3, -0.25) is 9.48 Å². The first kappa shape index (κ1) is 8.93. The molecule has 0 spiro atoms. The van der Waals surface area contributed by atoms with Gasteiger partial charge in [0.15, 0.2) is 5.78 Å². The van der Waals surface area contributed by atoms with E-state index in [2.05, 4.69) is 5.10 Å². The van der Waals surface area contributed by atoms with E-state index in [-0.39, 0.29) is 5.78 Å². The van der Waals surface area contributed by atoms with Gasteiger partial charge in [0.1, 0.15) is 5.69 Å². The molecule has 0 aliphatic rings. The predicted octanol–water partition coefficient (Wildman–Crippen LogP) is 0.260. The molecule has 1 rings (SSSR count). The summed E-state index contributed by atoms with van der Waals surface area (Å²) in [7, 11) is 1.76. The van der Waals surface area contributed by atoms with Gasteiger partial charge < -0.3 is 5.73 Å². The molecule has 0 aliphatic heterocycles. The van der Waals surface area contributed by atoms with Crippen LogP contribution in [0.1, 0.15) is 22.6 Å². The van der Waals surface area contributed by atoms with Crippen LogP contribution in [-0.2, 0) is 7.05 Å². The Morgan fingerprint density at radius 1 is 1.75 bits per heavy atom. The van der Waals surface area contributed by atoms with Gasteiger partial charge >= 0.3 is 0 Å². The monoisotopic (exact) mass is 167 g/mol. The van der Waals surface area contributed by atoms with Crippen LogP contribution in [-0.4, -0.2) is 22.1 Å². The minimum atomic E-state index is 0.0561. The van der Waals surface area contributed by atoms with Crippen molar-refractivity contribution in [2.45, 2.75) is 13.3 Å². The van der Waals surface area contributed by atoms with Gasteiger partial charge in [-0.05, 0) is 19.5 Å². The summed E-state index contributed by atoms with van der Waals surface area (Å²) in [5, 5.41) is 4.07. The number of aromatic nitrogens is 2. The van der Waals surface area contributed by atoms with Crippen molar-refractivity contribution in [1.29, 1.82) is 0 Å². The fourth-order valence-electron chi connectivity index (χ4n) is 1.13. The van der Waals surface area contributed by atoms with E-state index in [1.54, 1.807) is 17.8 Å². The van der Waals surface area contributed by atoms with Gasteiger partial charge in [-0.15, -0.1) is 0 Å². The van der Waals surface area contributed by atoms with Crippen LogP contribution >= 0.6 is 0 Å². The summed E-state index contributed by atoms with van der Waals surface area (Å²) in [5.74, 6) is 0.0561. The number of hydrogen-bond acceptors (Lipinski definition) is 3. The Morgan fingerprint density at radius 3 is 2.83 bits per heavy atom. The number of carbonyl (C=O) groups is 1. The molecule has 12 heavy (non-hydrogen) atoms. The van der Waals surface area contributed by atoms with E-state index in [0.717, 1.165) is 5.69 Å². The van der Waals surface area contributed by atoms with Gasteiger partial charge in [-0.2, -0.15) is 5.10 Å². The van der Waals surface area contributed by atoms with Crippen LogP contribution in [0.3, 0.4) is 0 Å². The average molecular weight is 167 g/mol. The highest BCUT2D eigenvalue weighted by Crippen LogP contribution is 2.04. The highest BCUT2D eigenvalue weighted by atomic mass is 16.1. The molecule has 2 N–H and O–H groups in total. The van der Waals surface area contributed by atoms with E-state index in [9.17, 15) is 4.79 Å². The van der Waals surface area contributed by atoms with Crippen LogP contribution in [0.15, 0.2) is 6.07 Å². The molecule has 0 saturated carbocycles. The standard InChI is InChI=1S/C8H13N3O/c1-6-5-7(11(2)10-6)8(12)3-4-9/h5H,3-4,9H2,1-2H3. The average Bonchev–Trinajstić information content (AvgIpc) is 2.30. The zero-order chi connectivity index (χ0) is 9.14. The van der Waals surface area contributed by atoms with Crippen molar-refractivity contribution in [3.05, 3.63) is 17.5 Å². The number of nitrogens with zero attached hydrogens (tertiary/aromatic N) is 2. The predicted molar refractivity (Wildman–Crippen MR) is 45.9 cm³/mol. The Hall–Kier alpha value is -1.16. The van der Waals surface area contributed by atoms with E-state index in [4.69, 9.17) is 5.73 Å². The second kappa shape index (κ2) is 3.49. The molecule has 1 aromatic heterocycles. The maximum atomic E-state index is 11.3. The van der Waals surface area contributed by atoms with Crippen LogP contribution in [0.4, 0.5) is 0 Å². The summed E-state index contributed by atoms with van der Waals surface area (Å²) in [6.07, 6.45) is 0.388. The number of rotatable bonds is 3. The lowest BCUT2D eigenvalue weighted by atomic mass is 10.2. The largest absolute Gasteiger partial charge is 0.330 e. The van der Waals surface area contributed by atoms with Crippen molar-refractivity contribution in [2.75, 3.05) is 6.54 Å². The van der Waals surface area contributed by atoms with Gasteiger partial charge in [-0.1, -0.05) is 0 Å². The Kier molecular flexibility index (Phi) is 2.60. The fraction of sp³-hybridized carbons (Fsp3) is 0.500. The topological polar surface area (TPSA) is 60.9 Å². The number of carbonyl (C=O) groups excluding carboxylic acids is 1. The maximum Gasteiger partial charge on any atom is 0.182 e. The van der Waals surface area contributed by atoms with Crippen LogP contribution in [0, 0.1) is 6.92 Å². The second-order valence-electron chi connectivity index (χ2n) is 2.76. The third-order valence-electron chi connectivity index (χ3n) is 1.66. The third-order valence-corrected chi connectivity index (χ3v) is 1.66. The van der Waals surface area contributed by atoms with Crippen LogP contribution in [0.25, 0.3) is 0 Å². The molecule has 1 aromatic rings. The molecule has 66 valence electrons. The quantitative estimate of drug-likeness (QED) is 0.657. The van der Waals surface area contributed by atoms with Crippen molar-refractivity contribution >= 4 is 5.78 Å². The minimum absolute atomic E-state index is 0.0561. The van der Waals surface area contributed by atoms with Crippen molar-refractivity contribution in [3.63, 3.8) is 0 Å². The zero-order valence-electron chi connectivity index (χ0n) is 7.37. The zero-order valence-corrected chi connectivity index (χ0v) is 7.37. The molecule has 0 radical (unpaired) electrons. The smallest absolute Gasteiger partial charge is 0.182 e. The van der Waals surface area contributed by atoms with E-state index in [0.29, 0.717) is 18.7 Å². The lowest BCUT2D eigenvalue weighted by Crippen LogP contribution is -2.11. The molecule has 0 amide bonds. The molecular weight excluding hydrogens is 154 g/mol. The summed E-state index contributed by atoms with van der Waals surface area (Å²) in [6.45, 7) is 2.25. The normalized spacial score (nSPS) is 10.2. The molecule has 0 atom stereocenters. The maximum absolute atomic E-state index is 11.3. The lowest BCUT2D eigenvalue weighted by molar-refractivity contribution is 0.0976. The Balaban J connectivity index is 2.87. The molecule has 0 unspecified atom stereocenters. The molecular formula is C8H13N3O. The summed E-state index contributed by atoms with van der Waals surface area (Å²) in [4.78, 5) is 11.3. The van der Waals surface area contributed by atoms with Crippen molar-refractivity contribution in [2.24, 2.45) is 12.8 Å². The third kappa shape index (κ3) is 1.71. The van der Waals surface area contributed by atoms with Gasteiger partial charge in [0, 0.05) is 13.5 Å². The molecule has 0 aromatic carbocycles. The van der Waals surface area contributed by atoms with Crippen molar-refractivity contribution in [1.82, 2.24) is 9.78 Å². The van der Waals surface area contributed by atoms with E-state index >= 15 is 0 Å². The molecule has 0 saturated heterocycles. The van der Waals surface area contributed by atoms with E-state index in [1.165, 1.54) is 0 Å². The van der Waals surface area contributed by atoms with Gasteiger partial charge in [0.25, 0.3) is 0 Å². The van der Waals surface area contributed by atoms with Crippen LogP contribution < -0.4 is 5.73 Å². The van der Waals surface area contributed by atoms with Gasteiger partial charge in [-0.25, -0.2) is 0 Å². The van der Waals surface area contributed by atoms with E-state index in [1.807, 2.05) is 6.92 Å². The summed E-state index contributed by atoms with van der Waals surface area (Å²) >= 11 is 0. The van der Waals surface area contributed by atoms with Gasteiger partial charge in [0.05, 0.1) is 5.69 Å². The van der Waals surface area contributed by atoms with Gasteiger partial charge in [0.2, 0.25) is 0 Å². The highest BCUT2D eigenvalue weighted by molar-refractivity contribution is 5.94. The first-order valence-corrected chi connectivity index (χ1v) is 3.89. The van der Waals surface area contributed by atoms with Crippen LogP contribution in [0.5, 0.6) is 0 Å². The number of nitrogens with two attached hydrogens (primary N) is 1. The van der Waals surface area contributed by atoms with Crippen LogP contribution in [0.2, 0.25) is 0 Å². The Bertz CT molecular complexity index is 290. The summed E-state index contributed by atoms with van der Waals surface area (Å²) in [6, 6.07) is 1.78. The second-order valence-corrected chi connectivity index (χ2v) is 2.76. The molecule has 4 nitrogen and oxygen atoms in total. The first-order chi connectivity index (χ1) is 5.65. The lowest BCUT2D eigenvalue weighted by Gasteiger charge is -1.97. The fourth-order valence-corrected chi connectivity index (χ4v) is 1.13. The highest BCUT2D eigenvalue weighted by Gasteiger charge is 2.09. The van der Waals surface area contributed by atoms with Crippen molar-refractivity contribution in [3.8, 4) is 0 Å². The van der Waals surface area contributed by atoms with Crippen molar-refractivity contribution < 1.29 is 4.79 Å². The Labute approximate surface area is 71.4 Å². The molecule has 1 heterocycles. The number of Topliss-reactive ketones (excluding diaryl/α,β-unsaturated/α-hetero) is 1. The number of ketones is 1. The summed E-state index contributed by atoms with van der Waals surface area (Å²) in [5.41, 5.74) is 6.77. The molecule has 4 heteroatoms. The van der Waals surface area contributed by atoms with E-state index < -0.39 is 0 Å². The molecule has 0 bridgehead atoms.